The number of pyridine rings is 1. The molecule has 3 heterocycles. The first-order chi connectivity index (χ1) is 15.5. The van der Waals surface area contributed by atoms with Crippen LogP contribution in [0.2, 0.25) is 0 Å². The van der Waals surface area contributed by atoms with Crippen molar-refractivity contribution in [1.29, 1.82) is 0 Å². The Kier molecular flexibility index (Phi) is 6.84. The van der Waals surface area contributed by atoms with Crippen LogP contribution in [0.25, 0.3) is 10.3 Å². The third kappa shape index (κ3) is 4.99. The molecule has 2 aromatic heterocycles. The summed E-state index contributed by atoms with van der Waals surface area (Å²) in [6.07, 6.45) is 2.82. The number of amides is 1. The summed E-state index contributed by atoms with van der Waals surface area (Å²) in [4.78, 5) is 38.2. The number of hydrogen-bond acceptors (Lipinski definition) is 8. The van der Waals surface area contributed by atoms with E-state index in [1.807, 2.05) is 17.0 Å². The average molecular weight is 455 g/mol. The van der Waals surface area contributed by atoms with Gasteiger partial charge in [-0.15, -0.1) is 0 Å². The van der Waals surface area contributed by atoms with E-state index >= 15 is 0 Å². The number of carbonyl (C=O) groups is 2. The Morgan fingerprint density at radius 2 is 1.94 bits per heavy atom. The molecule has 0 N–H and O–H groups in total. The molecule has 0 unspecified atom stereocenters. The molecule has 0 aliphatic carbocycles. The highest BCUT2D eigenvalue weighted by atomic mass is 32.1. The number of nitrogens with zero attached hydrogens (tertiary/aromatic N) is 4. The summed E-state index contributed by atoms with van der Waals surface area (Å²) in [7, 11) is 1.54. The molecule has 0 bridgehead atoms. The van der Waals surface area contributed by atoms with E-state index in [1.165, 1.54) is 6.92 Å². The van der Waals surface area contributed by atoms with Gasteiger partial charge in [-0.1, -0.05) is 11.3 Å². The van der Waals surface area contributed by atoms with E-state index < -0.39 is 0 Å². The molecule has 8 nitrogen and oxygen atoms in total. The minimum atomic E-state index is -0.0275. The van der Waals surface area contributed by atoms with Gasteiger partial charge in [-0.3, -0.25) is 9.59 Å². The van der Waals surface area contributed by atoms with Crippen LogP contribution in [0.5, 0.6) is 11.5 Å². The van der Waals surface area contributed by atoms with Crippen LogP contribution in [0.15, 0.2) is 36.5 Å². The smallest absolute Gasteiger partial charge is 0.222 e. The Morgan fingerprint density at radius 1 is 1.12 bits per heavy atom. The van der Waals surface area contributed by atoms with Gasteiger partial charge >= 0.3 is 0 Å². The summed E-state index contributed by atoms with van der Waals surface area (Å²) in [6.45, 7) is 4.81. The lowest BCUT2D eigenvalue weighted by Crippen LogP contribution is -2.48. The first-order valence-corrected chi connectivity index (χ1v) is 11.4. The van der Waals surface area contributed by atoms with Crippen LogP contribution in [-0.4, -0.2) is 66.5 Å². The quantitative estimate of drug-likeness (QED) is 0.381. The van der Waals surface area contributed by atoms with Crippen LogP contribution in [0, 0.1) is 0 Å². The van der Waals surface area contributed by atoms with Gasteiger partial charge in [-0.25, -0.2) is 9.97 Å². The number of thiazole rings is 1. The molecule has 1 fully saturated rings. The fourth-order valence-electron chi connectivity index (χ4n) is 3.61. The number of anilines is 1. The lowest BCUT2D eigenvalue weighted by Gasteiger charge is -2.34. The van der Waals surface area contributed by atoms with Gasteiger partial charge in [0.05, 0.1) is 13.7 Å². The molecule has 4 rings (SSSR count). The van der Waals surface area contributed by atoms with Crippen molar-refractivity contribution in [2.24, 2.45) is 0 Å². The van der Waals surface area contributed by atoms with Crippen molar-refractivity contribution in [2.75, 3.05) is 44.8 Å². The Hall–Kier alpha value is -3.20. The van der Waals surface area contributed by atoms with E-state index in [1.54, 1.807) is 42.8 Å². The number of hydrogen-bond donors (Lipinski definition) is 0. The summed E-state index contributed by atoms with van der Waals surface area (Å²) in [5.41, 5.74) is 1.49. The van der Waals surface area contributed by atoms with Crippen molar-refractivity contribution < 1.29 is 19.1 Å². The summed E-state index contributed by atoms with van der Waals surface area (Å²) in [6, 6.07) is 8.98. The second-order valence-corrected chi connectivity index (χ2v) is 8.52. The zero-order valence-corrected chi connectivity index (χ0v) is 19.1. The number of Topliss-reactive ketones (excluding diaryl/α,β-unsaturated/α-hetero) is 1. The second-order valence-electron chi connectivity index (χ2n) is 7.57. The number of ether oxygens (including phenoxy) is 2. The molecule has 0 saturated carbocycles. The molecule has 168 valence electrons. The van der Waals surface area contributed by atoms with Crippen LogP contribution in [0.3, 0.4) is 0 Å². The summed E-state index contributed by atoms with van der Waals surface area (Å²) >= 11 is 1.59. The number of rotatable bonds is 8. The number of piperazine rings is 1. The minimum absolute atomic E-state index is 0.0275. The molecule has 1 saturated heterocycles. The lowest BCUT2D eigenvalue weighted by atomic mass is 10.1. The van der Waals surface area contributed by atoms with Gasteiger partial charge in [-0.05, 0) is 43.7 Å². The van der Waals surface area contributed by atoms with Crippen molar-refractivity contribution >= 4 is 38.5 Å². The molecular weight excluding hydrogens is 428 g/mol. The highest BCUT2D eigenvalue weighted by Gasteiger charge is 2.23. The SMILES string of the molecule is COc1cc(C(C)=O)ccc1OCCCC(=O)N1CCN(c2nc3cccnc3s2)CC1. The van der Waals surface area contributed by atoms with Gasteiger partial charge in [0.2, 0.25) is 5.91 Å². The molecule has 1 amide bonds. The van der Waals surface area contributed by atoms with Crippen LogP contribution in [-0.2, 0) is 4.79 Å². The first-order valence-electron chi connectivity index (χ1n) is 10.6. The molecule has 9 heteroatoms. The maximum absolute atomic E-state index is 12.6. The number of benzene rings is 1. The van der Waals surface area contributed by atoms with Crippen LogP contribution < -0.4 is 14.4 Å². The maximum atomic E-state index is 12.6. The van der Waals surface area contributed by atoms with E-state index in [0.717, 1.165) is 28.6 Å². The van der Waals surface area contributed by atoms with Gasteiger partial charge in [-0.2, -0.15) is 0 Å². The summed E-state index contributed by atoms with van der Waals surface area (Å²) in [5, 5.41) is 0.962. The van der Waals surface area contributed by atoms with Crippen LogP contribution in [0.1, 0.15) is 30.1 Å². The van der Waals surface area contributed by atoms with E-state index in [2.05, 4.69) is 14.9 Å². The fourth-order valence-corrected chi connectivity index (χ4v) is 4.57. The standard InChI is InChI=1S/C23H26N4O4S/c1-16(28)17-7-8-19(20(15-17)30-2)31-14-4-6-21(29)26-10-12-27(13-11-26)23-25-18-5-3-9-24-22(18)32-23/h3,5,7-9,15H,4,6,10-14H2,1-2H3. The van der Waals surface area contributed by atoms with E-state index in [-0.39, 0.29) is 11.7 Å². The zero-order valence-electron chi connectivity index (χ0n) is 18.2. The Bertz CT molecular complexity index is 1080. The van der Waals surface area contributed by atoms with Gasteiger partial charge in [0.1, 0.15) is 10.3 Å². The van der Waals surface area contributed by atoms with Crippen molar-refractivity contribution in [3.8, 4) is 11.5 Å². The summed E-state index contributed by atoms with van der Waals surface area (Å²) < 4.78 is 11.1. The number of ketones is 1. The predicted molar refractivity (Wildman–Crippen MR) is 124 cm³/mol. The molecule has 1 aliphatic heterocycles. The minimum Gasteiger partial charge on any atom is -0.493 e. The van der Waals surface area contributed by atoms with Crippen molar-refractivity contribution in [3.63, 3.8) is 0 Å². The third-order valence-electron chi connectivity index (χ3n) is 5.42. The van der Waals surface area contributed by atoms with Crippen LogP contribution in [0.4, 0.5) is 5.13 Å². The van der Waals surface area contributed by atoms with E-state index in [4.69, 9.17) is 9.47 Å². The van der Waals surface area contributed by atoms with Gasteiger partial charge in [0, 0.05) is 44.4 Å². The normalized spacial score (nSPS) is 13.9. The molecule has 1 aromatic carbocycles. The van der Waals surface area contributed by atoms with Gasteiger partial charge < -0.3 is 19.3 Å². The molecule has 0 atom stereocenters. The number of methoxy groups -OCH3 is 1. The lowest BCUT2D eigenvalue weighted by molar-refractivity contribution is -0.131. The Balaban J connectivity index is 1.22. The second kappa shape index (κ2) is 9.95. The molecule has 32 heavy (non-hydrogen) atoms. The van der Waals surface area contributed by atoms with Crippen molar-refractivity contribution in [2.45, 2.75) is 19.8 Å². The number of carbonyl (C=O) groups excluding carboxylic acids is 2. The molecule has 3 aromatic rings. The predicted octanol–water partition coefficient (Wildman–Crippen LogP) is 3.41. The molecule has 1 aliphatic rings. The molecular formula is C23H26N4O4S. The highest BCUT2D eigenvalue weighted by Crippen LogP contribution is 2.29. The van der Waals surface area contributed by atoms with E-state index in [0.29, 0.717) is 49.6 Å². The fraction of sp³-hybridized carbons (Fsp3) is 0.391. The Morgan fingerprint density at radius 3 is 2.66 bits per heavy atom. The van der Waals surface area contributed by atoms with Crippen molar-refractivity contribution in [1.82, 2.24) is 14.9 Å². The first kappa shape index (κ1) is 22.0. The largest absolute Gasteiger partial charge is 0.493 e. The third-order valence-corrected chi connectivity index (χ3v) is 6.46. The maximum Gasteiger partial charge on any atom is 0.222 e. The zero-order chi connectivity index (χ0) is 22.5. The summed E-state index contributed by atoms with van der Waals surface area (Å²) in [5.74, 6) is 1.20. The topological polar surface area (TPSA) is 84.9 Å². The van der Waals surface area contributed by atoms with Gasteiger partial charge in [0.15, 0.2) is 22.4 Å². The van der Waals surface area contributed by atoms with Crippen molar-refractivity contribution in [3.05, 3.63) is 42.1 Å². The average Bonchev–Trinajstić information content (AvgIpc) is 3.26. The monoisotopic (exact) mass is 454 g/mol. The van der Waals surface area contributed by atoms with Crippen LogP contribution >= 0.6 is 11.3 Å². The van der Waals surface area contributed by atoms with E-state index in [9.17, 15) is 9.59 Å². The number of fused-ring (bicyclic) bond motifs is 1. The molecule has 0 radical (unpaired) electrons. The molecule has 0 spiro atoms. The van der Waals surface area contributed by atoms with Gasteiger partial charge in [0.25, 0.3) is 0 Å². The Labute approximate surface area is 190 Å². The highest BCUT2D eigenvalue weighted by molar-refractivity contribution is 7.21. The number of aromatic nitrogens is 2.